The minimum absolute atomic E-state index is 0.0964. The average molecular weight is 393 g/mol. The van der Waals surface area contributed by atoms with Gasteiger partial charge in [-0.1, -0.05) is 13.0 Å². The van der Waals surface area contributed by atoms with Gasteiger partial charge in [0.2, 0.25) is 5.88 Å². The SMILES string of the molecule is CCCn1c(C)cc(/C=C(/C#N)C(=O)NCc2ccc(OCC3CC3)nc2)c1C. The Bertz CT molecular complexity index is 931. The molecule has 0 saturated heterocycles. The topological polar surface area (TPSA) is 79.9 Å². The highest BCUT2D eigenvalue weighted by Gasteiger charge is 2.22. The average Bonchev–Trinajstić information content (AvgIpc) is 3.52. The van der Waals surface area contributed by atoms with Crippen molar-refractivity contribution in [3.05, 3.63) is 52.5 Å². The first-order valence-corrected chi connectivity index (χ1v) is 10.2. The molecule has 0 aromatic carbocycles. The van der Waals surface area contributed by atoms with Gasteiger partial charge in [-0.3, -0.25) is 4.79 Å². The number of hydrogen-bond acceptors (Lipinski definition) is 4. The largest absolute Gasteiger partial charge is 0.477 e. The van der Waals surface area contributed by atoms with Crippen LogP contribution in [0.25, 0.3) is 6.08 Å². The zero-order valence-corrected chi connectivity index (χ0v) is 17.4. The van der Waals surface area contributed by atoms with Crippen molar-refractivity contribution in [1.29, 1.82) is 5.26 Å². The number of nitriles is 1. The molecule has 1 N–H and O–H groups in total. The van der Waals surface area contributed by atoms with Gasteiger partial charge in [0.25, 0.3) is 5.91 Å². The molecule has 0 radical (unpaired) electrons. The summed E-state index contributed by atoms with van der Waals surface area (Å²) < 4.78 is 7.83. The van der Waals surface area contributed by atoms with Crippen molar-refractivity contribution in [2.24, 2.45) is 5.92 Å². The fourth-order valence-corrected chi connectivity index (χ4v) is 3.21. The summed E-state index contributed by atoms with van der Waals surface area (Å²) in [6.45, 7) is 8.13. The summed E-state index contributed by atoms with van der Waals surface area (Å²) in [4.78, 5) is 16.8. The number of aryl methyl sites for hydroxylation is 1. The van der Waals surface area contributed by atoms with Crippen molar-refractivity contribution in [3.8, 4) is 11.9 Å². The molecule has 1 fully saturated rings. The number of nitrogens with one attached hydrogen (secondary N) is 1. The zero-order chi connectivity index (χ0) is 20.8. The van der Waals surface area contributed by atoms with Crippen LogP contribution in [0, 0.1) is 31.1 Å². The highest BCUT2D eigenvalue weighted by molar-refractivity contribution is 6.01. The minimum atomic E-state index is -0.387. The summed E-state index contributed by atoms with van der Waals surface area (Å²) in [6, 6.07) is 7.73. The second-order valence-electron chi connectivity index (χ2n) is 7.59. The number of ether oxygens (including phenoxy) is 1. The van der Waals surface area contributed by atoms with E-state index in [1.807, 2.05) is 38.1 Å². The van der Waals surface area contributed by atoms with E-state index in [0.717, 1.165) is 42.1 Å². The van der Waals surface area contributed by atoms with Gasteiger partial charge in [0.15, 0.2) is 0 Å². The number of carbonyl (C=O) groups is 1. The normalized spacial score (nSPS) is 13.8. The number of nitrogens with zero attached hydrogens (tertiary/aromatic N) is 3. The Labute approximate surface area is 172 Å². The third-order valence-corrected chi connectivity index (χ3v) is 5.14. The van der Waals surface area contributed by atoms with Crippen molar-refractivity contribution >= 4 is 12.0 Å². The fraction of sp³-hybridized carbons (Fsp3) is 0.435. The number of rotatable bonds is 9. The maximum Gasteiger partial charge on any atom is 0.262 e. The van der Waals surface area contributed by atoms with Gasteiger partial charge >= 0.3 is 0 Å². The highest BCUT2D eigenvalue weighted by atomic mass is 16.5. The molecular weight excluding hydrogens is 364 g/mol. The predicted octanol–water partition coefficient (Wildman–Crippen LogP) is 3.92. The first-order chi connectivity index (χ1) is 14.0. The van der Waals surface area contributed by atoms with Crippen LogP contribution in [-0.4, -0.2) is 22.1 Å². The maximum atomic E-state index is 12.5. The molecule has 2 heterocycles. The van der Waals surface area contributed by atoms with E-state index in [2.05, 4.69) is 21.8 Å². The van der Waals surface area contributed by atoms with Crippen LogP contribution in [0.3, 0.4) is 0 Å². The molecule has 1 saturated carbocycles. The van der Waals surface area contributed by atoms with E-state index in [-0.39, 0.29) is 11.5 Å². The molecule has 1 aliphatic rings. The molecule has 2 aromatic rings. The molecule has 2 aromatic heterocycles. The van der Waals surface area contributed by atoms with Gasteiger partial charge in [-0.2, -0.15) is 5.26 Å². The molecule has 0 bridgehead atoms. The summed E-state index contributed by atoms with van der Waals surface area (Å²) in [5.74, 6) is 0.895. The van der Waals surface area contributed by atoms with E-state index in [1.165, 1.54) is 12.8 Å². The number of pyridine rings is 1. The molecule has 3 rings (SSSR count). The van der Waals surface area contributed by atoms with Gasteiger partial charge in [-0.25, -0.2) is 4.98 Å². The minimum Gasteiger partial charge on any atom is -0.477 e. The summed E-state index contributed by atoms with van der Waals surface area (Å²) in [5, 5.41) is 12.3. The van der Waals surface area contributed by atoms with Crippen LogP contribution in [0.4, 0.5) is 0 Å². The Morgan fingerprint density at radius 1 is 1.41 bits per heavy atom. The van der Waals surface area contributed by atoms with Crippen molar-refractivity contribution in [2.75, 3.05) is 6.61 Å². The monoisotopic (exact) mass is 392 g/mol. The number of carbonyl (C=O) groups excluding carboxylic acids is 1. The lowest BCUT2D eigenvalue weighted by Crippen LogP contribution is -2.24. The molecule has 0 aliphatic heterocycles. The quantitative estimate of drug-likeness (QED) is 0.518. The highest BCUT2D eigenvalue weighted by Crippen LogP contribution is 2.29. The van der Waals surface area contributed by atoms with Crippen molar-refractivity contribution < 1.29 is 9.53 Å². The van der Waals surface area contributed by atoms with Gasteiger partial charge in [0.1, 0.15) is 11.6 Å². The smallest absolute Gasteiger partial charge is 0.262 e. The number of aromatic nitrogens is 2. The summed E-state index contributed by atoms with van der Waals surface area (Å²) in [5.41, 5.74) is 4.05. The van der Waals surface area contributed by atoms with E-state index in [1.54, 1.807) is 12.3 Å². The van der Waals surface area contributed by atoms with E-state index in [4.69, 9.17) is 4.74 Å². The molecule has 1 amide bonds. The Morgan fingerprint density at radius 3 is 2.83 bits per heavy atom. The van der Waals surface area contributed by atoms with Crippen molar-refractivity contribution in [1.82, 2.24) is 14.9 Å². The van der Waals surface area contributed by atoms with Crippen molar-refractivity contribution in [2.45, 2.75) is 53.1 Å². The Balaban J connectivity index is 1.60. The van der Waals surface area contributed by atoms with Crippen LogP contribution in [-0.2, 0) is 17.9 Å². The third-order valence-electron chi connectivity index (χ3n) is 5.14. The van der Waals surface area contributed by atoms with Gasteiger partial charge in [0, 0.05) is 36.7 Å². The lowest BCUT2D eigenvalue weighted by atomic mass is 10.1. The fourth-order valence-electron chi connectivity index (χ4n) is 3.21. The second kappa shape index (κ2) is 9.42. The van der Waals surface area contributed by atoms with Gasteiger partial charge in [-0.05, 0) is 62.3 Å². The molecule has 6 nitrogen and oxygen atoms in total. The summed E-state index contributed by atoms with van der Waals surface area (Å²) >= 11 is 0. The first-order valence-electron chi connectivity index (χ1n) is 10.2. The van der Waals surface area contributed by atoms with Crippen LogP contribution in [0.5, 0.6) is 5.88 Å². The molecule has 29 heavy (non-hydrogen) atoms. The van der Waals surface area contributed by atoms with Crippen LogP contribution < -0.4 is 10.1 Å². The van der Waals surface area contributed by atoms with E-state index >= 15 is 0 Å². The van der Waals surface area contributed by atoms with Crippen molar-refractivity contribution in [3.63, 3.8) is 0 Å². The molecule has 0 atom stereocenters. The molecule has 0 spiro atoms. The first kappa shape index (κ1) is 20.7. The molecule has 152 valence electrons. The standard InChI is InChI=1S/C23H28N4O2/c1-4-9-27-16(2)10-20(17(27)3)11-21(12-24)23(28)26-14-19-7-8-22(25-13-19)29-15-18-5-6-18/h7-8,10-11,13,18H,4-6,9,14-15H2,1-3H3,(H,26,28)/b21-11-. The Morgan fingerprint density at radius 2 is 2.21 bits per heavy atom. The van der Waals surface area contributed by atoms with Crippen LogP contribution in [0.1, 0.15) is 48.7 Å². The lowest BCUT2D eigenvalue weighted by molar-refractivity contribution is -0.117. The zero-order valence-electron chi connectivity index (χ0n) is 17.4. The Kier molecular flexibility index (Phi) is 6.71. The maximum absolute atomic E-state index is 12.5. The Hall–Kier alpha value is -3.07. The summed E-state index contributed by atoms with van der Waals surface area (Å²) in [7, 11) is 0. The number of hydrogen-bond donors (Lipinski definition) is 1. The van der Waals surface area contributed by atoms with Crippen LogP contribution in [0.15, 0.2) is 30.0 Å². The third kappa shape index (κ3) is 5.47. The van der Waals surface area contributed by atoms with Gasteiger partial charge in [-0.15, -0.1) is 0 Å². The van der Waals surface area contributed by atoms with E-state index in [0.29, 0.717) is 18.3 Å². The van der Waals surface area contributed by atoms with Gasteiger partial charge in [0.05, 0.1) is 6.61 Å². The molecule has 6 heteroatoms. The van der Waals surface area contributed by atoms with E-state index < -0.39 is 0 Å². The van der Waals surface area contributed by atoms with Crippen LogP contribution >= 0.6 is 0 Å². The molecular formula is C23H28N4O2. The number of amides is 1. The van der Waals surface area contributed by atoms with Crippen LogP contribution in [0.2, 0.25) is 0 Å². The van der Waals surface area contributed by atoms with E-state index in [9.17, 15) is 10.1 Å². The predicted molar refractivity (Wildman–Crippen MR) is 112 cm³/mol. The molecule has 0 unspecified atom stereocenters. The lowest BCUT2D eigenvalue weighted by Gasteiger charge is -2.08. The summed E-state index contributed by atoms with van der Waals surface area (Å²) in [6.07, 6.45) is 6.86. The second-order valence-corrected chi connectivity index (χ2v) is 7.59. The van der Waals surface area contributed by atoms with Gasteiger partial charge < -0.3 is 14.6 Å². The molecule has 1 aliphatic carbocycles.